The number of nitrogens with one attached hydrogen (secondary N) is 1. The highest BCUT2D eigenvalue weighted by Crippen LogP contribution is 2.50. The summed E-state index contributed by atoms with van der Waals surface area (Å²) in [6.45, 7) is 6.15. The Balaban J connectivity index is 1.86. The number of nitrogens with zero attached hydrogens (tertiary/aromatic N) is 1. The predicted molar refractivity (Wildman–Crippen MR) is 170 cm³/mol. The van der Waals surface area contributed by atoms with Crippen LogP contribution in [0.4, 0.5) is 0 Å². The molecular weight excluding hydrogens is 604 g/mol. The van der Waals surface area contributed by atoms with Crippen LogP contribution in [-0.4, -0.2) is 65.6 Å². The largest absolute Gasteiger partial charge is 0.382 e. The summed E-state index contributed by atoms with van der Waals surface area (Å²) in [5.41, 5.74) is -8.28. The van der Waals surface area contributed by atoms with E-state index in [4.69, 9.17) is 4.74 Å². The fourth-order valence-electron chi connectivity index (χ4n) is 5.99. The third kappa shape index (κ3) is 5.27. The van der Waals surface area contributed by atoms with E-state index in [1.807, 2.05) is 4.98 Å². The van der Waals surface area contributed by atoms with Crippen molar-refractivity contribution in [3.05, 3.63) is 139 Å². The molecule has 3 aromatic carbocycles. The molecule has 5 atom stereocenters. The van der Waals surface area contributed by atoms with E-state index in [1.165, 1.54) is 37.3 Å². The number of carbonyl (C=O) groups excluding carboxylic acids is 3. The number of hydrogen-bond donors (Lipinski definition) is 4. The average Bonchev–Trinajstić information content (AvgIpc) is 3.29. The molecular formula is C36H32N2O9. The number of carbonyl (C=O) groups is 3. The normalized spacial score (nSPS) is 22.6. The van der Waals surface area contributed by atoms with Crippen LogP contribution in [0.5, 0.6) is 0 Å². The third-order valence-electron chi connectivity index (χ3n) is 8.54. The van der Waals surface area contributed by atoms with Crippen LogP contribution in [0.1, 0.15) is 66.5 Å². The van der Waals surface area contributed by atoms with Crippen LogP contribution in [0.3, 0.4) is 0 Å². The minimum Gasteiger partial charge on any atom is -0.382 e. The lowest BCUT2D eigenvalue weighted by molar-refractivity contribution is -0.108. The molecule has 0 amide bonds. The third-order valence-corrected chi connectivity index (χ3v) is 8.54. The van der Waals surface area contributed by atoms with E-state index in [0.29, 0.717) is 21.3 Å². The van der Waals surface area contributed by atoms with E-state index in [2.05, 4.69) is 11.8 Å². The van der Waals surface area contributed by atoms with Gasteiger partial charge >= 0.3 is 5.69 Å². The molecule has 5 rings (SSSR count). The predicted octanol–water partition coefficient (Wildman–Crippen LogP) is 2.20. The number of aromatic amines is 1. The fourth-order valence-corrected chi connectivity index (χ4v) is 5.99. The molecule has 240 valence electrons. The van der Waals surface area contributed by atoms with Crippen molar-refractivity contribution in [1.29, 1.82) is 0 Å². The molecule has 2 heterocycles. The molecule has 1 aromatic heterocycles. The SMILES string of the molecule is CC#Cc1cn([C@@H]2O[C@H](C(O)C(=O)c3ccccc3C)[C@](O)(C(=O)c3ccccc3C)[C@@]2(O)C(=O)c2ccccc2C)c(=O)[nH]c1=O. The van der Waals surface area contributed by atoms with Crippen LogP contribution in [0.15, 0.2) is 88.6 Å². The topological polar surface area (TPSA) is 176 Å². The smallest absolute Gasteiger partial charge is 0.330 e. The van der Waals surface area contributed by atoms with Crippen molar-refractivity contribution in [2.45, 2.75) is 57.3 Å². The molecule has 1 aliphatic heterocycles. The average molecular weight is 637 g/mol. The van der Waals surface area contributed by atoms with Crippen molar-refractivity contribution in [3.63, 3.8) is 0 Å². The van der Waals surface area contributed by atoms with Gasteiger partial charge in [0.15, 0.2) is 17.6 Å². The molecule has 0 radical (unpaired) electrons. The summed E-state index contributed by atoms with van der Waals surface area (Å²) < 4.78 is 6.63. The van der Waals surface area contributed by atoms with E-state index in [9.17, 15) is 39.3 Å². The Morgan fingerprint density at radius 2 is 1.28 bits per heavy atom. The van der Waals surface area contributed by atoms with Crippen molar-refractivity contribution in [1.82, 2.24) is 9.55 Å². The van der Waals surface area contributed by atoms with Gasteiger partial charge in [0.25, 0.3) is 5.56 Å². The van der Waals surface area contributed by atoms with Crippen LogP contribution < -0.4 is 11.2 Å². The number of aliphatic hydroxyl groups excluding tert-OH is 1. The second-order valence-electron chi connectivity index (χ2n) is 11.4. The van der Waals surface area contributed by atoms with E-state index >= 15 is 0 Å². The minimum absolute atomic E-state index is 0.0215. The molecule has 1 fully saturated rings. The van der Waals surface area contributed by atoms with E-state index < -0.39 is 58.2 Å². The van der Waals surface area contributed by atoms with Crippen molar-refractivity contribution in [2.24, 2.45) is 0 Å². The Labute approximate surface area is 269 Å². The maximum absolute atomic E-state index is 14.6. The van der Waals surface area contributed by atoms with Crippen LogP contribution in [0.2, 0.25) is 0 Å². The lowest BCUT2D eigenvalue weighted by Crippen LogP contribution is -2.69. The maximum atomic E-state index is 14.6. The number of H-pyrrole nitrogens is 1. The summed E-state index contributed by atoms with van der Waals surface area (Å²) in [7, 11) is 0. The summed E-state index contributed by atoms with van der Waals surface area (Å²) in [5.74, 6) is 1.55. The zero-order chi connectivity index (χ0) is 34.3. The number of aliphatic hydroxyl groups is 3. The molecule has 1 saturated heterocycles. The molecule has 47 heavy (non-hydrogen) atoms. The molecule has 1 unspecified atom stereocenters. The summed E-state index contributed by atoms with van der Waals surface area (Å²) in [6, 6.07) is 18.3. The summed E-state index contributed by atoms with van der Waals surface area (Å²) in [6.07, 6.45) is -6.01. The lowest BCUT2D eigenvalue weighted by atomic mass is 9.69. The molecule has 11 nitrogen and oxygen atoms in total. The first-order valence-corrected chi connectivity index (χ1v) is 14.7. The highest BCUT2D eigenvalue weighted by atomic mass is 16.6. The molecule has 0 aliphatic carbocycles. The van der Waals surface area contributed by atoms with Gasteiger partial charge in [-0.15, -0.1) is 5.92 Å². The van der Waals surface area contributed by atoms with Gasteiger partial charge in [-0.1, -0.05) is 78.7 Å². The Hall–Kier alpha value is -5.25. The monoisotopic (exact) mass is 636 g/mol. The lowest BCUT2D eigenvalue weighted by Gasteiger charge is -2.39. The molecule has 11 heteroatoms. The number of ketones is 3. The first kappa shape index (κ1) is 33.1. The van der Waals surface area contributed by atoms with Crippen molar-refractivity contribution < 1.29 is 34.4 Å². The van der Waals surface area contributed by atoms with Gasteiger partial charge in [0.1, 0.15) is 17.8 Å². The zero-order valence-electron chi connectivity index (χ0n) is 26.0. The first-order valence-electron chi connectivity index (χ1n) is 14.7. The number of ether oxygens (including phenoxy) is 1. The van der Waals surface area contributed by atoms with Gasteiger partial charge in [0.2, 0.25) is 17.2 Å². The standard InChI is InChI=1S/C36H32N2O9/c1-5-12-23-19-38(34(44)37-32(23)43)33-36(46,30(42)26-18-11-8-15-22(26)4)35(45,29(41)25-17-10-7-14-21(25)3)31(47-33)28(40)27(39)24-16-9-6-13-20(24)2/h6-11,13-19,28,31,33,40,45-46H,1-4H3,(H,37,43,44)/t28?,31-,33-,35-,36-/m1/s1. The quantitative estimate of drug-likeness (QED) is 0.167. The Kier molecular flexibility index (Phi) is 8.81. The van der Waals surface area contributed by atoms with Gasteiger partial charge in [-0.05, 0) is 44.4 Å². The van der Waals surface area contributed by atoms with Crippen LogP contribution in [0.25, 0.3) is 0 Å². The second kappa shape index (κ2) is 12.5. The number of rotatable bonds is 8. The molecule has 0 saturated carbocycles. The number of aryl methyl sites for hydroxylation is 3. The number of aromatic nitrogens is 2. The second-order valence-corrected chi connectivity index (χ2v) is 11.4. The van der Waals surface area contributed by atoms with Crippen LogP contribution >= 0.6 is 0 Å². The Morgan fingerprint density at radius 1 is 0.809 bits per heavy atom. The molecule has 4 N–H and O–H groups in total. The van der Waals surface area contributed by atoms with E-state index in [0.717, 1.165) is 6.20 Å². The minimum atomic E-state index is -3.40. The van der Waals surface area contributed by atoms with E-state index in [-0.39, 0.29) is 22.3 Å². The molecule has 4 aromatic rings. The number of benzene rings is 3. The first-order chi connectivity index (χ1) is 22.3. The number of Topliss-reactive ketones (excluding diaryl/α,β-unsaturated/α-hetero) is 3. The van der Waals surface area contributed by atoms with Crippen LogP contribution in [-0.2, 0) is 4.74 Å². The summed E-state index contributed by atoms with van der Waals surface area (Å²) in [4.78, 5) is 71.0. The fraction of sp³-hybridized carbons (Fsp3) is 0.250. The van der Waals surface area contributed by atoms with Crippen molar-refractivity contribution in [2.75, 3.05) is 0 Å². The molecule has 0 spiro atoms. The Bertz CT molecular complexity index is 2100. The zero-order valence-corrected chi connectivity index (χ0v) is 26.0. The van der Waals surface area contributed by atoms with Gasteiger partial charge in [0.05, 0.1) is 0 Å². The van der Waals surface area contributed by atoms with Crippen molar-refractivity contribution >= 4 is 17.3 Å². The number of hydrogen-bond acceptors (Lipinski definition) is 9. The molecule has 0 bridgehead atoms. The van der Waals surface area contributed by atoms with Gasteiger partial charge < -0.3 is 20.1 Å². The highest BCUT2D eigenvalue weighted by Gasteiger charge is 2.76. The summed E-state index contributed by atoms with van der Waals surface area (Å²) in [5, 5.41) is 37.2. The van der Waals surface area contributed by atoms with Gasteiger partial charge in [0, 0.05) is 22.9 Å². The van der Waals surface area contributed by atoms with E-state index in [1.54, 1.807) is 63.2 Å². The highest BCUT2D eigenvalue weighted by molar-refractivity contribution is 6.14. The summed E-state index contributed by atoms with van der Waals surface area (Å²) >= 11 is 0. The Morgan fingerprint density at radius 3 is 1.77 bits per heavy atom. The van der Waals surface area contributed by atoms with Gasteiger partial charge in [-0.2, -0.15) is 0 Å². The van der Waals surface area contributed by atoms with Gasteiger partial charge in [-0.25, -0.2) is 4.79 Å². The molecule has 1 aliphatic rings. The van der Waals surface area contributed by atoms with Gasteiger partial charge in [-0.3, -0.25) is 28.7 Å². The van der Waals surface area contributed by atoms with Crippen LogP contribution in [0, 0.1) is 32.6 Å². The maximum Gasteiger partial charge on any atom is 0.330 e. The van der Waals surface area contributed by atoms with Crippen molar-refractivity contribution in [3.8, 4) is 11.8 Å².